The fourth-order valence-electron chi connectivity index (χ4n) is 4.03. The number of likely N-dealkylation sites (tertiary alicyclic amines) is 1. The molecule has 1 atom stereocenters. The van der Waals surface area contributed by atoms with Gasteiger partial charge in [0.25, 0.3) is 0 Å². The molecule has 0 aromatic heterocycles. The van der Waals surface area contributed by atoms with Gasteiger partial charge in [-0.2, -0.15) is 0 Å². The first kappa shape index (κ1) is 15.6. The fourth-order valence-corrected chi connectivity index (χ4v) is 4.03. The molecule has 1 saturated carbocycles. The molecule has 0 spiro atoms. The Hall–Kier alpha value is -1.88. The Kier molecular flexibility index (Phi) is 3.83. The van der Waals surface area contributed by atoms with Crippen molar-refractivity contribution in [3.63, 3.8) is 0 Å². The van der Waals surface area contributed by atoms with Gasteiger partial charge in [-0.3, -0.25) is 9.59 Å². The molecule has 0 radical (unpaired) electrons. The second kappa shape index (κ2) is 5.88. The number of carbonyl (C=O) groups is 2. The minimum Gasteiger partial charge on any atom is -0.388 e. The van der Waals surface area contributed by atoms with E-state index in [-0.39, 0.29) is 11.8 Å². The number of rotatable bonds is 4. The van der Waals surface area contributed by atoms with Crippen molar-refractivity contribution < 1.29 is 14.7 Å². The van der Waals surface area contributed by atoms with Crippen LogP contribution in [0, 0.1) is 5.92 Å². The molecule has 1 aliphatic carbocycles. The minimum atomic E-state index is -0.653. The summed E-state index contributed by atoms with van der Waals surface area (Å²) >= 11 is 0. The summed E-state index contributed by atoms with van der Waals surface area (Å²) in [6.07, 6.45) is 4.71. The van der Waals surface area contributed by atoms with Crippen LogP contribution >= 0.6 is 0 Å². The lowest BCUT2D eigenvalue weighted by molar-refractivity contribution is -0.130. The van der Waals surface area contributed by atoms with E-state index >= 15 is 0 Å². The van der Waals surface area contributed by atoms with Crippen molar-refractivity contribution in [2.24, 2.45) is 5.92 Å². The fraction of sp³-hybridized carbons (Fsp3) is 0.579. The Bertz CT molecular complexity index is 670. The molecule has 4 rings (SSSR count). The number of hydrogen-bond acceptors (Lipinski definition) is 3. The third-order valence-corrected chi connectivity index (χ3v) is 5.62. The monoisotopic (exact) mass is 328 g/mol. The summed E-state index contributed by atoms with van der Waals surface area (Å²) in [5.74, 6) is 0.615. The second-order valence-corrected chi connectivity index (χ2v) is 7.44. The Morgan fingerprint density at radius 1 is 1.29 bits per heavy atom. The van der Waals surface area contributed by atoms with E-state index in [4.69, 9.17) is 0 Å². The van der Waals surface area contributed by atoms with E-state index in [1.165, 1.54) is 0 Å². The molecule has 2 aliphatic heterocycles. The number of benzene rings is 1. The van der Waals surface area contributed by atoms with Crippen LogP contribution in [0.25, 0.3) is 0 Å². The highest BCUT2D eigenvalue weighted by Crippen LogP contribution is 2.44. The number of anilines is 1. The van der Waals surface area contributed by atoms with Crippen LogP contribution < -0.4 is 4.90 Å². The average Bonchev–Trinajstić information content (AvgIpc) is 3.23. The summed E-state index contributed by atoms with van der Waals surface area (Å²) in [7, 11) is 0. The van der Waals surface area contributed by atoms with Crippen molar-refractivity contribution in [2.45, 2.75) is 44.1 Å². The topological polar surface area (TPSA) is 60.9 Å². The number of nitrogens with zero attached hydrogens (tertiary/aromatic N) is 2. The molecule has 2 amide bonds. The smallest absolute Gasteiger partial charge is 0.227 e. The quantitative estimate of drug-likeness (QED) is 0.916. The molecule has 2 heterocycles. The second-order valence-electron chi connectivity index (χ2n) is 7.44. The number of amides is 2. The van der Waals surface area contributed by atoms with E-state index in [0.717, 1.165) is 37.1 Å². The van der Waals surface area contributed by atoms with Crippen LogP contribution in [0.1, 0.15) is 37.7 Å². The molecule has 1 N–H and O–H groups in total. The van der Waals surface area contributed by atoms with Gasteiger partial charge in [-0.25, -0.2) is 0 Å². The lowest BCUT2D eigenvalue weighted by atomic mass is 9.97. The molecule has 3 fully saturated rings. The zero-order chi connectivity index (χ0) is 16.7. The number of aliphatic hydroxyl groups is 1. The van der Waals surface area contributed by atoms with Gasteiger partial charge in [0.1, 0.15) is 0 Å². The van der Waals surface area contributed by atoms with Crippen LogP contribution in [0.15, 0.2) is 24.3 Å². The summed E-state index contributed by atoms with van der Waals surface area (Å²) in [5, 5.41) is 10.6. The standard InChI is InChI=1S/C19H24N2O3/c22-17-5-2-9-21(17)16-4-1-3-14(11-16)12-18(23)20-10-8-19(24,13-20)15-6-7-15/h1,3-4,11,15,24H,2,5-10,12-13H2. The van der Waals surface area contributed by atoms with Crippen molar-refractivity contribution >= 4 is 17.5 Å². The molecule has 24 heavy (non-hydrogen) atoms. The molecule has 5 nitrogen and oxygen atoms in total. The van der Waals surface area contributed by atoms with Gasteiger partial charge in [-0.15, -0.1) is 0 Å². The SMILES string of the molecule is O=C(Cc1cccc(N2CCCC2=O)c1)N1CCC(O)(C2CC2)C1. The summed E-state index contributed by atoms with van der Waals surface area (Å²) in [6, 6.07) is 7.72. The highest BCUT2D eigenvalue weighted by atomic mass is 16.3. The summed E-state index contributed by atoms with van der Waals surface area (Å²) < 4.78 is 0. The number of carbonyl (C=O) groups excluding carboxylic acids is 2. The van der Waals surface area contributed by atoms with Crippen LogP contribution in [-0.2, 0) is 16.0 Å². The molecule has 0 bridgehead atoms. The molecular formula is C19H24N2O3. The van der Waals surface area contributed by atoms with E-state index in [2.05, 4.69) is 0 Å². The molecule has 1 aromatic rings. The first-order valence-corrected chi connectivity index (χ1v) is 8.95. The predicted octanol–water partition coefficient (Wildman–Crippen LogP) is 1.73. The summed E-state index contributed by atoms with van der Waals surface area (Å²) in [4.78, 5) is 28.1. The van der Waals surface area contributed by atoms with Crippen LogP contribution in [0.4, 0.5) is 5.69 Å². The van der Waals surface area contributed by atoms with Crippen molar-refractivity contribution in [3.05, 3.63) is 29.8 Å². The molecule has 1 unspecified atom stereocenters. The first-order chi connectivity index (χ1) is 11.5. The normalized spacial score (nSPS) is 27.1. The van der Waals surface area contributed by atoms with E-state index in [1.54, 1.807) is 9.80 Å². The zero-order valence-electron chi connectivity index (χ0n) is 13.9. The largest absolute Gasteiger partial charge is 0.388 e. The summed E-state index contributed by atoms with van der Waals surface area (Å²) in [5.41, 5.74) is 1.16. The molecule has 5 heteroatoms. The Morgan fingerprint density at radius 3 is 2.83 bits per heavy atom. The van der Waals surface area contributed by atoms with Crippen molar-refractivity contribution in [1.82, 2.24) is 4.90 Å². The van der Waals surface area contributed by atoms with Gasteiger partial charge in [-0.1, -0.05) is 12.1 Å². The zero-order valence-corrected chi connectivity index (χ0v) is 13.9. The molecule has 1 aromatic carbocycles. The third-order valence-electron chi connectivity index (χ3n) is 5.62. The van der Waals surface area contributed by atoms with Gasteiger partial charge in [0.05, 0.1) is 12.0 Å². The Morgan fingerprint density at radius 2 is 2.12 bits per heavy atom. The number of β-amino-alcohol motifs (C(OH)–C–C–N with tert-alkyl or cyclic N) is 1. The Balaban J connectivity index is 1.42. The van der Waals surface area contributed by atoms with Crippen molar-refractivity contribution in [2.75, 3.05) is 24.5 Å². The first-order valence-electron chi connectivity index (χ1n) is 8.95. The average molecular weight is 328 g/mol. The lowest BCUT2D eigenvalue weighted by Gasteiger charge is -2.23. The Labute approximate surface area is 142 Å². The summed E-state index contributed by atoms with van der Waals surface area (Å²) in [6.45, 7) is 1.88. The van der Waals surface area contributed by atoms with Crippen LogP contribution in [0.3, 0.4) is 0 Å². The van der Waals surface area contributed by atoms with Crippen LogP contribution in [0.2, 0.25) is 0 Å². The van der Waals surface area contributed by atoms with Crippen molar-refractivity contribution in [1.29, 1.82) is 0 Å². The maximum atomic E-state index is 12.6. The van der Waals surface area contributed by atoms with Gasteiger partial charge in [-0.05, 0) is 49.3 Å². The molecule has 128 valence electrons. The molecule has 3 aliphatic rings. The maximum Gasteiger partial charge on any atom is 0.227 e. The van der Waals surface area contributed by atoms with Gasteiger partial charge < -0.3 is 14.9 Å². The minimum absolute atomic E-state index is 0.0662. The molecular weight excluding hydrogens is 304 g/mol. The molecule has 2 saturated heterocycles. The number of hydrogen-bond donors (Lipinski definition) is 1. The van der Waals surface area contributed by atoms with Crippen LogP contribution in [-0.4, -0.2) is 47.1 Å². The van der Waals surface area contributed by atoms with Gasteiger partial charge in [0.15, 0.2) is 0 Å². The van der Waals surface area contributed by atoms with Crippen molar-refractivity contribution in [3.8, 4) is 0 Å². The van der Waals surface area contributed by atoms with Gasteiger partial charge >= 0.3 is 0 Å². The van der Waals surface area contributed by atoms with E-state index in [0.29, 0.717) is 38.3 Å². The lowest BCUT2D eigenvalue weighted by Crippen LogP contribution is -2.38. The highest BCUT2D eigenvalue weighted by Gasteiger charge is 2.48. The maximum absolute atomic E-state index is 12.6. The van der Waals surface area contributed by atoms with E-state index in [1.807, 2.05) is 24.3 Å². The van der Waals surface area contributed by atoms with Gasteiger partial charge in [0.2, 0.25) is 11.8 Å². The third kappa shape index (κ3) is 2.93. The highest BCUT2D eigenvalue weighted by molar-refractivity contribution is 5.95. The van der Waals surface area contributed by atoms with E-state index < -0.39 is 5.60 Å². The van der Waals surface area contributed by atoms with Gasteiger partial charge in [0, 0.05) is 31.7 Å². The van der Waals surface area contributed by atoms with Crippen LogP contribution in [0.5, 0.6) is 0 Å². The van der Waals surface area contributed by atoms with E-state index in [9.17, 15) is 14.7 Å². The predicted molar refractivity (Wildman–Crippen MR) is 90.6 cm³/mol.